The lowest BCUT2D eigenvalue weighted by atomic mass is 9.98. The number of dihydropyridines is 1. The van der Waals surface area contributed by atoms with Crippen molar-refractivity contribution in [3.05, 3.63) is 66.3 Å². The first kappa shape index (κ1) is 16.8. The maximum atomic E-state index is 5.94. The average molecular weight is 360 g/mol. The molecular weight excluding hydrogens is 340 g/mol. The lowest BCUT2D eigenvalue weighted by Crippen LogP contribution is -2.23. The number of aromatic nitrogens is 3. The number of anilines is 1. The van der Waals surface area contributed by atoms with Crippen molar-refractivity contribution in [1.29, 1.82) is 0 Å². The molecule has 1 atom stereocenters. The predicted molar refractivity (Wildman–Crippen MR) is 106 cm³/mol. The lowest BCUT2D eigenvalue weighted by molar-refractivity contribution is 0.309. The molecule has 4 rings (SSSR count). The molecule has 0 saturated carbocycles. The van der Waals surface area contributed by atoms with Crippen LogP contribution in [0.5, 0.6) is 0 Å². The van der Waals surface area contributed by atoms with Crippen LogP contribution in [0.4, 0.5) is 5.69 Å². The summed E-state index contributed by atoms with van der Waals surface area (Å²) in [6, 6.07) is 11.5. The molecule has 1 aromatic carbocycles. The van der Waals surface area contributed by atoms with Crippen LogP contribution in [0.3, 0.4) is 0 Å². The molecule has 3 aromatic rings. The number of rotatable bonds is 4. The fourth-order valence-electron chi connectivity index (χ4n) is 3.15. The second kappa shape index (κ2) is 6.95. The molecule has 0 saturated heterocycles. The van der Waals surface area contributed by atoms with Crippen LogP contribution in [-0.2, 0) is 4.74 Å². The minimum atomic E-state index is -0.0299. The Morgan fingerprint density at radius 3 is 2.67 bits per heavy atom. The fourth-order valence-corrected chi connectivity index (χ4v) is 3.15. The Morgan fingerprint density at radius 2 is 1.93 bits per heavy atom. The number of nitrogens with two attached hydrogens (primary N) is 2. The molecule has 0 aliphatic carbocycles. The molecule has 2 aromatic heterocycles. The third kappa shape index (κ3) is 3.27. The first-order valence-electron chi connectivity index (χ1n) is 8.58. The first-order valence-corrected chi connectivity index (χ1v) is 8.58. The quantitative estimate of drug-likeness (QED) is 0.619. The van der Waals surface area contributed by atoms with Gasteiger partial charge in [-0.3, -0.25) is 9.98 Å². The number of methoxy groups -OCH3 is 1. The predicted octanol–water partition coefficient (Wildman–Crippen LogP) is 2.71. The molecule has 0 bridgehead atoms. The Kier molecular flexibility index (Phi) is 4.33. The van der Waals surface area contributed by atoms with Crippen molar-refractivity contribution in [1.82, 2.24) is 15.0 Å². The molecular formula is C20H20N6O. The topological polar surface area (TPSA) is 115 Å². The number of amidine groups is 1. The van der Waals surface area contributed by atoms with E-state index in [2.05, 4.69) is 15.0 Å². The number of aromatic amines is 1. The van der Waals surface area contributed by atoms with Crippen LogP contribution in [0.15, 0.2) is 65.6 Å². The maximum Gasteiger partial charge on any atom is 0.161 e. The smallest absolute Gasteiger partial charge is 0.161 e. The number of imidazole rings is 1. The maximum absolute atomic E-state index is 5.94. The van der Waals surface area contributed by atoms with E-state index < -0.39 is 0 Å². The van der Waals surface area contributed by atoms with Gasteiger partial charge in [0.25, 0.3) is 0 Å². The van der Waals surface area contributed by atoms with Crippen molar-refractivity contribution < 1.29 is 4.74 Å². The van der Waals surface area contributed by atoms with Crippen molar-refractivity contribution in [3.8, 4) is 22.6 Å². The van der Waals surface area contributed by atoms with Gasteiger partial charge in [-0.05, 0) is 30.3 Å². The van der Waals surface area contributed by atoms with Gasteiger partial charge in [-0.15, -0.1) is 0 Å². The Balaban J connectivity index is 1.84. The number of ether oxygens (including phenoxy) is 1. The van der Waals surface area contributed by atoms with Gasteiger partial charge in [0.2, 0.25) is 0 Å². The number of hydrogen-bond acceptors (Lipinski definition) is 6. The van der Waals surface area contributed by atoms with Crippen LogP contribution in [0.1, 0.15) is 11.6 Å². The van der Waals surface area contributed by atoms with Gasteiger partial charge in [0.1, 0.15) is 5.82 Å². The highest BCUT2D eigenvalue weighted by atomic mass is 16.5. The standard InChI is InChI=1S/C20H20N6O/c1-27-16-10-14(11-24-19(16)22)18-17(12-5-7-23-8-6-12)25-20(26-18)13-3-2-4-15(21)9-13/h2-10,14H,11,21H2,1H3,(H2,22,24)(H,25,26). The minimum absolute atomic E-state index is 0.0299. The molecule has 0 spiro atoms. The fraction of sp³-hybridized carbons (Fsp3) is 0.150. The van der Waals surface area contributed by atoms with Gasteiger partial charge in [-0.1, -0.05) is 12.1 Å². The van der Waals surface area contributed by atoms with Crippen LogP contribution in [0, 0.1) is 0 Å². The highest BCUT2D eigenvalue weighted by molar-refractivity contribution is 5.96. The third-order valence-electron chi connectivity index (χ3n) is 4.50. The van der Waals surface area contributed by atoms with Crippen molar-refractivity contribution >= 4 is 11.5 Å². The molecule has 136 valence electrons. The summed E-state index contributed by atoms with van der Waals surface area (Å²) >= 11 is 0. The highest BCUT2D eigenvalue weighted by Gasteiger charge is 2.24. The Morgan fingerprint density at radius 1 is 1.11 bits per heavy atom. The first-order chi connectivity index (χ1) is 13.2. The summed E-state index contributed by atoms with van der Waals surface area (Å²) in [5.41, 5.74) is 16.2. The van der Waals surface area contributed by atoms with Gasteiger partial charge < -0.3 is 21.2 Å². The summed E-state index contributed by atoms with van der Waals surface area (Å²) in [6.45, 7) is 0.523. The molecule has 3 heterocycles. The van der Waals surface area contributed by atoms with Crippen LogP contribution in [-0.4, -0.2) is 34.4 Å². The number of aliphatic imine (C=N–C) groups is 1. The van der Waals surface area contributed by atoms with E-state index in [4.69, 9.17) is 21.2 Å². The second-order valence-corrected chi connectivity index (χ2v) is 6.28. The molecule has 0 radical (unpaired) electrons. The molecule has 5 N–H and O–H groups in total. The Bertz CT molecular complexity index is 1020. The monoisotopic (exact) mass is 360 g/mol. The van der Waals surface area contributed by atoms with Crippen molar-refractivity contribution in [2.24, 2.45) is 10.7 Å². The van der Waals surface area contributed by atoms with E-state index in [1.54, 1.807) is 19.5 Å². The number of nitrogen functional groups attached to an aromatic ring is 1. The summed E-state index contributed by atoms with van der Waals surface area (Å²) in [4.78, 5) is 16.8. The SMILES string of the molecule is COC1=CC(c2[nH]c(-c3cccc(N)c3)nc2-c2ccncc2)CN=C1N. The van der Waals surface area contributed by atoms with E-state index in [0.717, 1.165) is 28.3 Å². The number of benzene rings is 1. The van der Waals surface area contributed by atoms with Crippen LogP contribution < -0.4 is 11.5 Å². The summed E-state index contributed by atoms with van der Waals surface area (Å²) in [6.07, 6.45) is 5.48. The summed E-state index contributed by atoms with van der Waals surface area (Å²) in [5.74, 6) is 1.71. The number of hydrogen-bond donors (Lipinski definition) is 3. The molecule has 7 nitrogen and oxygen atoms in total. The molecule has 7 heteroatoms. The summed E-state index contributed by atoms with van der Waals surface area (Å²) in [5, 5.41) is 0. The average Bonchev–Trinajstić information content (AvgIpc) is 3.14. The van der Waals surface area contributed by atoms with Crippen molar-refractivity contribution in [2.45, 2.75) is 5.92 Å². The number of H-pyrrole nitrogens is 1. The van der Waals surface area contributed by atoms with Gasteiger partial charge in [-0.25, -0.2) is 4.98 Å². The minimum Gasteiger partial charge on any atom is -0.493 e. The van der Waals surface area contributed by atoms with E-state index in [0.29, 0.717) is 23.8 Å². The van der Waals surface area contributed by atoms with Gasteiger partial charge in [0, 0.05) is 35.1 Å². The van der Waals surface area contributed by atoms with Crippen LogP contribution in [0.2, 0.25) is 0 Å². The molecule has 1 aliphatic rings. The second-order valence-electron chi connectivity index (χ2n) is 6.28. The number of nitrogens with zero attached hydrogens (tertiary/aromatic N) is 3. The van der Waals surface area contributed by atoms with Gasteiger partial charge in [0.15, 0.2) is 11.6 Å². The zero-order valence-corrected chi connectivity index (χ0v) is 14.9. The number of nitrogens with one attached hydrogen (secondary N) is 1. The zero-order valence-electron chi connectivity index (χ0n) is 14.9. The van der Waals surface area contributed by atoms with Crippen molar-refractivity contribution in [2.75, 3.05) is 19.4 Å². The molecule has 27 heavy (non-hydrogen) atoms. The van der Waals surface area contributed by atoms with Crippen LogP contribution >= 0.6 is 0 Å². The zero-order chi connectivity index (χ0) is 18.8. The van der Waals surface area contributed by atoms with Gasteiger partial charge >= 0.3 is 0 Å². The van der Waals surface area contributed by atoms with Gasteiger partial charge in [-0.2, -0.15) is 0 Å². The third-order valence-corrected chi connectivity index (χ3v) is 4.50. The highest BCUT2D eigenvalue weighted by Crippen LogP contribution is 2.33. The van der Waals surface area contributed by atoms with Crippen LogP contribution in [0.25, 0.3) is 22.6 Å². The normalized spacial score (nSPS) is 16.6. The van der Waals surface area contributed by atoms with Crippen molar-refractivity contribution in [3.63, 3.8) is 0 Å². The van der Waals surface area contributed by atoms with E-state index >= 15 is 0 Å². The molecule has 0 fully saturated rings. The van der Waals surface area contributed by atoms with Gasteiger partial charge in [0.05, 0.1) is 25.0 Å². The Labute approximate surface area is 156 Å². The Hall–Kier alpha value is -3.61. The largest absolute Gasteiger partial charge is 0.493 e. The molecule has 1 unspecified atom stereocenters. The number of pyridine rings is 1. The molecule has 1 aliphatic heterocycles. The lowest BCUT2D eigenvalue weighted by Gasteiger charge is -2.18. The van der Waals surface area contributed by atoms with E-state index in [-0.39, 0.29) is 5.92 Å². The summed E-state index contributed by atoms with van der Waals surface area (Å²) < 4.78 is 5.35. The molecule has 0 amide bonds. The van der Waals surface area contributed by atoms with E-state index in [1.165, 1.54) is 0 Å². The van der Waals surface area contributed by atoms with E-state index in [1.807, 2.05) is 42.5 Å². The van der Waals surface area contributed by atoms with E-state index in [9.17, 15) is 0 Å². The summed E-state index contributed by atoms with van der Waals surface area (Å²) in [7, 11) is 1.59.